The molecule has 1 saturated carbocycles. The Hall–Kier alpha value is -1.99. The summed E-state index contributed by atoms with van der Waals surface area (Å²) in [6, 6.07) is 8.12. The maximum absolute atomic E-state index is 6.23. The van der Waals surface area contributed by atoms with Crippen molar-refractivity contribution in [2.24, 2.45) is 5.92 Å². The van der Waals surface area contributed by atoms with Crippen LogP contribution >= 0.6 is 15.9 Å². The third-order valence-corrected chi connectivity index (χ3v) is 6.38. The van der Waals surface area contributed by atoms with Crippen molar-refractivity contribution in [2.45, 2.75) is 45.2 Å². The number of ether oxygens (including phenoxy) is 1. The van der Waals surface area contributed by atoms with Gasteiger partial charge in [0.2, 0.25) is 5.88 Å². The van der Waals surface area contributed by atoms with E-state index in [0.717, 1.165) is 58.9 Å². The molecule has 5 rings (SSSR count). The molecular weight excluding hydrogens is 418 g/mol. The molecule has 3 heterocycles. The van der Waals surface area contributed by atoms with E-state index in [1.807, 2.05) is 22.9 Å². The molecule has 0 atom stereocenters. The van der Waals surface area contributed by atoms with Gasteiger partial charge >= 0.3 is 0 Å². The van der Waals surface area contributed by atoms with Crippen molar-refractivity contribution in [3.63, 3.8) is 0 Å². The summed E-state index contributed by atoms with van der Waals surface area (Å²) >= 11 is 3.68. The molecule has 2 aliphatic rings. The van der Waals surface area contributed by atoms with Crippen molar-refractivity contribution in [3.05, 3.63) is 40.5 Å². The van der Waals surface area contributed by atoms with E-state index in [1.54, 1.807) is 6.20 Å². The van der Waals surface area contributed by atoms with Gasteiger partial charge < -0.3 is 4.74 Å². The van der Waals surface area contributed by atoms with Crippen molar-refractivity contribution in [3.8, 4) is 11.6 Å². The molecule has 0 radical (unpaired) electrons. The second-order valence-corrected chi connectivity index (χ2v) is 8.66. The van der Waals surface area contributed by atoms with E-state index in [4.69, 9.17) is 4.74 Å². The zero-order valence-corrected chi connectivity index (χ0v) is 17.4. The van der Waals surface area contributed by atoms with E-state index in [1.165, 1.54) is 32.1 Å². The van der Waals surface area contributed by atoms with Crippen molar-refractivity contribution in [2.75, 3.05) is 13.1 Å². The predicted molar refractivity (Wildman–Crippen MR) is 111 cm³/mol. The van der Waals surface area contributed by atoms with E-state index in [-0.39, 0.29) is 0 Å². The number of likely N-dealkylation sites (tertiary alicyclic amines) is 1. The van der Waals surface area contributed by atoms with Gasteiger partial charge in [-0.3, -0.25) is 4.90 Å². The highest BCUT2D eigenvalue weighted by atomic mass is 79.9. The number of rotatable bonds is 6. The first-order valence-corrected chi connectivity index (χ1v) is 10.9. The Labute approximate surface area is 173 Å². The lowest BCUT2D eigenvalue weighted by molar-refractivity contribution is 0.218. The molecule has 28 heavy (non-hydrogen) atoms. The van der Waals surface area contributed by atoms with Crippen LogP contribution in [-0.4, -0.2) is 38.0 Å². The zero-order chi connectivity index (χ0) is 18.9. The number of nitrogens with zero attached hydrogens (tertiary/aromatic N) is 5. The maximum atomic E-state index is 6.23. The molecule has 2 fully saturated rings. The minimum absolute atomic E-state index is 0.665. The third kappa shape index (κ3) is 3.78. The van der Waals surface area contributed by atoms with Crippen LogP contribution in [0.5, 0.6) is 11.6 Å². The van der Waals surface area contributed by atoms with Crippen molar-refractivity contribution >= 4 is 27.0 Å². The van der Waals surface area contributed by atoms with Crippen LogP contribution in [0.2, 0.25) is 0 Å². The van der Waals surface area contributed by atoms with Crippen LogP contribution in [0.15, 0.2) is 34.9 Å². The van der Waals surface area contributed by atoms with Gasteiger partial charge in [-0.25, -0.2) is 9.67 Å². The fraction of sp³-hybridized carbons (Fsp3) is 0.476. The van der Waals surface area contributed by atoms with Gasteiger partial charge in [-0.05, 0) is 78.8 Å². The van der Waals surface area contributed by atoms with Crippen LogP contribution in [0.3, 0.4) is 0 Å². The lowest BCUT2D eigenvalue weighted by atomic mass is 10.1. The monoisotopic (exact) mass is 441 g/mol. The largest absolute Gasteiger partial charge is 0.437 e. The van der Waals surface area contributed by atoms with Gasteiger partial charge in [0.15, 0.2) is 0 Å². The molecule has 0 bridgehead atoms. The first-order chi connectivity index (χ1) is 13.8. The summed E-state index contributed by atoms with van der Waals surface area (Å²) in [5.74, 6) is 2.15. The normalized spacial score (nSPS) is 17.9. The molecule has 3 aromatic rings. The van der Waals surface area contributed by atoms with Crippen LogP contribution < -0.4 is 4.74 Å². The summed E-state index contributed by atoms with van der Waals surface area (Å²) in [4.78, 5) is 6.98. The number of halogens is 1. The number of piperidine rings is 1. The third-order valence-electron chi connectivity index (χ3n) is 5.62. The Morgan fingerprint density at radius 3 is 2.79 bits per heavy atom. The second-order valence-electron chi connectivity index (χ2n) is 7.87. The molecule has 1 aliphatic carbocycles. The summed E-state index contributed by atoms with van der Waals surface area (Å²) in [6.45, 7) is 4.12. The Morgan fingerprint density at radius 2 is 1.96 bits per heavy atom. The van der Waals surface area contributed by atoms with Gasteiger partial charge in [0.1, 0.15) is 11.3 Å². The first kappa shape index (κ1) is 18.1. The number of pyridine rings is 1. The molecule has 0 unspecified atom stereocenters. The fourth-order valence-electron chi connectivity index (χ4n) is 3.84. The van der Waals surface area contributed by atoms with Gasteiger partial charge in [-0.2, -0.15) is 0 Å². The molecule has 0 spiro atoms. The summed E-state index contributed by atoms with van der Waals surface area (Å²) in [5, 5.41) is 8.71. The molecular formula is C21H24BrN5O. The number of fused-ring (bicyclic) bond motifs is 1. The van der Waals surface area contributed by atoms with Crippen LogP contribution in [-0.2, 0) is 13.1 Å². The molecule has 7 heteroatoms. The number of aromatic nitrogens is 4. The van der Waals surface area contributed by atoms with E-state index >= 15 is 0 Å². The maximum Gasteiger partial charge on any atom is 0.223 e. The number of hydrogen-bond acceptors (Lipinski definition) is 5. The molecule has 1 aliphatic heterocycles. The number of benzene rings is 1. The van der Waals surface area contributed by atoms with Gasteiger partial charge in [-0.1, -0.05) is 17.7 Å². The SMILES string of the molecule is Brc1c(Oc2ncccc2CN2CCCCC2)ccc2c1nnn2CC1CC1. The van der Waals surface area contributed by atoms with Gasteiger partial charge in [0.05, 0.1) is 9.99 Å². The second kappa shape index (κ2) is 7.79. The topological polar surface area (TPSA) is 56.1 Å². The zero-order valence-electron chi connectivity index (χ0n) is 15.9. The van der Waals surface area contributed by atoms with Crippen LogP contribution in [0.25, 0.3) is 11.0 Å². The fourth-order valence-corrected chi connectivity index (χ4v) is 4.34. The molecule has 6 nitrogen and oxygen atoms in total. The molecule has 1 saturated heterocycles. The highest BCUT2D eigenvalue weighted by molar-refractivity contribution is 9.10. The van der Waals surface area contributed by atoms with E-state index in [9.17, 15) is 0 Å². The average Bonchev–Trinajstić information content (AvgIpc) is 3.44. The molecule has 146 valence electrons. The smallest absolute Gasteiger partial charge is 0.223 e. The van der Waals surface area contributed by atoms with Crippen LogP contribution in [0, 0.1) is 5.92 Å². The standard InChI is InChI=1S/C21H24BrN5O/c22-19-18(9-8-17-20(19)24-25-27(17)13-15-6-7-15)28-21-16(5-4-10-23-21)14-26-11-2-1-3-12-26/h4-5,8-10,15H,1-3,6-7,11-14H2. The Balaban J connectivity index is 1.39. The quantitative estimate of drug-likeness (QED) is 0.550. The van der Waals surface area contributed by atoms with E-state index in [0.29, 0.717) is 5.88 Å². The Bertz CT molecular complexity index is 978. The van der Waals surface area contributed by atoms with Crippen molar-refractivity contribution in [1.82, 2.24) is 24.9 Å². The van der Waals surface area contributed by atoms with Crippen LogP contribution in [0.4, 0.5) is 0 Å². The first-order valence-electron chi connectivity index (χ1n) is 10.1. The minimum atomic E-state index is 0.665. The highest BCUT2D eigenvalue weighted by Gasteiger charge is 2.24. The Kier molecular flexibility index (Phi) is 5.03. The highest BCUT2D eigenvalue weighted by Crippen LogP contribution is 2.37. The van der Waals surface area contributed by atoms with E-state index < -0.39 is 0 Å². The van der Waals surface area contributed by atoms with Crippen LogP contribution in [0.1, 0.15) is 37.7 Å². The Morgan fingerprint density at radius 1 is 1.11 bits per heavy atom. The average molecular weight is 442 g/mol. The summed E-state index contributed by atoms with van der Waals surface area (Å²) in [5.41, 5.74) is 3.00. The lowest BCUT2D eigenvalue weighted by Crippen LogP contribution is -2.29. The molecule has 0 N–H and O–H groups in total. The van der Waals surface area contributed by atoms with Gasteiger partial charge in [0.25, 0.3) is 0 Å². The predicted octanol–water partition coefficient (Wildman–Crippen LogP) is 4.78. The summed E-state index contributed by atoms with van der Waals surface area (Å²) in [6.07, 6.45) is 8.26. The summed E-state index contributed by atoms with van der Waals surface area (Å²) in [7, 11) is 0. The van der Waals surface area contributed by atoms with Gasteiger partial charge in [0, 0.05) is 24.8 Å². The number of hydrogen-bond donors (Lipinski definition) is 0. The lowest BCUT2D eigenvalue weighted by Gasteiger charge is -2.26. The molecule has 2 aromatic heterocycles. The summed E-state index contributed by atoms with van der Waals surface area (Å²) < 4.78 is 9.07. The molecule has 0 amide bonds. The van der Waals surface area contributed by atoms with Crippen molar-refractivity contribution < 1.29 is 4.74 Å². The van der Waals surface area contributed by atoms with Crippen molar-refractivity contribution in [1.29, 1.82) is 0 Å². The van der Waals surface area contributed by atoms with E-state index in [2.05, 4.69) is 42.2 Å². The molecule has 1 aromatic carbocycles. The van der Waals surface area contributed by atoms with Gasteiger partial charge in [-0.15, -0.1) is 5.10 Å². The minimum Gasteiger partial charge on any atom is -0.437 e.